The van der Waals surface area contributed by atoms with Gasteiger partial charge in [-0.05, 0) is 18.9 Å². The van der Waals surface area contributed by atoms with Crippen molar-refractivity contribution in [2.75, 3.05) is 31.6 Å². The molecule has 0 saturated carbocycles. The molecular formula is C15H18N4O6. The van der Waals surface area contributed by atoms with Crippen LogP contribution >= 0.6 is 0 Å². The van der Waals surface area contributed by atoms with E-state index < -0.39 is 29.4 Å². The van der Waals surface area contributed by atoms with Gasteiger partial charge < -0.3 is 15.0 Å². The van der Waals surface area contributed by atoms with Gasteiger partial charge in [0.05, 0.1) is 16.2 Å². The van der Waals surface area contributed by atoms with Crippen LogP contribution in [-0.4, -0.2) is 49.6 Å². The van der Waals surface area contributed by atoms with Crippen LogP contribution in [0.15, 0.2) is 18.2 Å². The van der Waals surface area contributed by atoms with E-state index in [4.69, 9.17) is 4.74 Å². The topological polar surface area (TPSA) is 131 Å². The molecule has 0 unspecified atom stereocenters. The zero-order chi connectivity index (χ0) is 18.4. The van der Waals surface area contributed by atoms with Gasteiger partial charge in [-0.25, -0.2) is 9.59 Å². The molecule has 1 aromatic rings. The Hall–Kier alpha value is -3.17. The first kappa shape index (κ1) is 18.2. The van der Waals surface area contributed by atoms with Crippen LogP contribution in [0.4, 0.5) is 16.2 Å². The zero-order valence-electron chi connectivity index (χ0n) is 13.6. The Kier molecular flexibility index (Phi) is 5.88. The molecule has 3 amide bonds. The fraction of sp³-hybridized carbons (Fsp3) is 0.400. The number of rotatable bonds is 5. The highest BCUT2D eigenvalue weighted by molar-refractivity contribution is 5.99. The average Bonchev–Trinajstić information content (AvgIpc) is 3.13. The van der Waals surface area contributed by atoms with Crippen molar-refractivity contribution in [3.8, 4) is 0 Å². The van der Waals surface area contributed by atoms with Crippen molar-refractivity contribution in [2.45, 2.75) is 12.8 Å². The summed E-state index contributed by atoms with van der Waals surface area (Å²) in [7, 11) is 1.33. The third-order valence-electron chi connectivity index (χ3n) is 3.67. The van der Waals surface area contributed by atoms with Gasteiger partial charge in [-0.2, -0.15) is 0 Å². The first-order valence-electron chi connectivity index (χ1n) is 7.64. The highest BCUT2D eigenvalue weighted by atomic mass is 16.6. The maximum Gasteiger partial charge on any atom is 0.341 e. The monoisotopic (exact) mass is 350 g/mol. The molecule has 1 aliphatic rings. The highest BCUT2D eigenvalue weighted by Gasteiger charge is 2.24. The van der Waals surface area contributed by atoms with Crippen LogP contribution in [0.3, 0.4) is 0 Å². The number of carbonyl (C=O) groups is 3. The number of hydrogen-bond acceptors (Lipinski definition) is 7. The van der Waals surface area contributed by atoms with Gasteiger partial charge in [0.2, 0.25) is 0 Å². The molecule has 10 nitrogen and oxygen atoms in total. The van der Waals surface area contributed by atoms with Crippen LogP contribution in [0.25, 0.3) is 0 Å². The Bertz CT molecular complexity index is 699. The second-order valence-corrected chi connectivity index (χ2v) is 5.36. The number of nitro benzene ring substituents is 1. The fourth-order valence-electron chi connectivity index (χ4n) is 2.47. The van der Waals surface area contributed by atoms with Gasteiger partial charge in [0.1, 0.15) is 0 Å². The molecule has 2 N–H and O–H groups in total. The van der Waals surface area contributed by atoms with E-state index in [9.17, 15) is 24.5 Å². The molecule has 1 aliphatic heterocycles. The molecule has 2 rings (SSSR count). The summed E-state index contributed by atoms with van der Waals surface area (Å²) < 4.78 is 4.89. The Morgan fingerprint density at radius 2 is 1.96 bits per heavy atom. The first-order chi connectivity index (χ1) is 11.9. The van der Waals surface area contributed by atoms with E-state index in [0.717, 1.165) is 32.0 Å². The van der Waals surface area contributed by atoms with Crippen molar-refractivity contribution in [3.63, 3.8) is 0 Å². The third kappa shape index (κ3) is 4.66. The number of non-ortho nitro benzene ring substituents is 1. The van der Waals surface area contributed by atoms with Crippen LogP contribution in [-0.2, 0) is 9.53 Å². The molecular weight excluding hydrogens is 332 g/mol. The number of urea groups is 1. The normalized spacial score (nSPS) is 13.2. The largest absolute Gasteiger partial charge is 0.452 e. The van der Waals surface area contributed by atoms with Crippen molar-refractivity contribution in [3.05, 3.63) is 33.9 Å². The number of ether oxygens (including phenoxy) is 1. The summed E-state index contributed by atoms with van der Waals surface area (Å²) in [6.45, 7) is 0.791. The number of hydrogen-bond donors (Lipinski definition) is 2. The van der Waals surface area contributed by atoms with Gasteiger partial charge >= 0.3 is 12.0 Å². The van der Waals surface area contributed by atoms with E-state index >= 15 is 0 Å². The van der Waals surface area contributed by atoms with E-state index in [-0.39, 0.29) is 11.3 Å². The van der Waals surface area contributed by atoms with Crippen LogP contribution in [0.2, 0.25) is 0 Å². The molecule has 1 fully saturated rings. The Balaban J connectivity index is 2.15. The second-order valence-electron chi connectivity index (χ2n) is 5.36. The summed E-state index contributed by atoms with van der Waals surface area (Å²) >= 11 is 0. The van der Waals surface area contributed by atoms with Crippen molar-refractivity contribution in [1.82, 2.24) is 10.6 Å². The van der Waals surface area contributed by atoms with E-state index in [1.165, 1.54) is 19.2 Å². The Labute approximate surface area is 143 Å². The summed E-state index contributed by atoms with van der Waals surface area (Å²) in [5.41, 5.74) is 0.299. The molecule has 1 saturated heterocycles. The standard InChI is InChI=1S/C15H18N4O6/c1-16-15(22)17-13(20)9-25-14(21)11-8-10(19(23)24)4-5-12(11)18-6-2-3-7-18/h4-5,8H,2-3,6-7,9H2,1H3,(H2,16,17,20,22). The van der Waals surface area contributed by atoms with E-state index in [0.29, 0.717) is 5.69 Å². The molecule has 25 heavy (non-hydrogen) atoms. The molecule has 0 aromatic heterocycles. The zero-order valence-corrected chi connectivity index (χ0v) is 13.6. The maximum atomic E-state index is 12.3. The summed E-state index contributed by atoms with van der Waals surface area (Å²) in [4.78, 5) is 47.1. The lowest BCUT2D eigenvalue weighted by Crippen LogP contribution is -2.39. The van der Waals surface area contributed by atoms with Gasteiger partial charge in [-0.1, -0.05) is 0 Å². The molecule has 134 valence electrons. The molecule has 1 heterocycles. The molecule has 0 radical (unpaired) electrons. The summed E-state index contributed by atoms with van der Waals surface area (Å²) in [6.07, 6.45) is 1.92. The maximum absolute atomic E-state index is 12.3. The van der Waals surface area contributed by atoms with Crippen molar-refractivity contribution in [2.24, 2.45) is 0 Å². The van der Waals surface area contributed by atoms with Crippen LogP contribution in [0, 0.1) is 10.1 Å². The van der Waals surface area contributed by atoms with Gasteiger partial charge in [0, 0.05) is 32.3 Å². The summed E-state index contributed by atoms with van der Waals surface area (Å²) in [5.74, 6) is -1.67. The molecule has 0 aliphatic carbocycles. The smallest absolute Gasteiger partial charge is 0.341 e. The third-order valence-corrected chi connectivity index (χ3v) is 3.67. The highest BCUT2D eigenvalue weighted by Crippen LogP contribution is 2.28. The van der Waals surface area contributed by atoms with Crippen LogP contribution < -0.4 is 15.5 Å². The SMILES string of the molecule is CNC(=O)NC(=O)COC(=O)c1cc([N+](=O)[O-])ccc1N1CCCC1. The van der Waals surface area contributed by atoms with Gasteiger partial charge in [-0.3, -0.25) is 20.2 Å². The van der Waals surface area contributed by atoms with Crippen LogP contribution in [0.5, 0.6) is 0 Å². The number of carbonyl (C=O) groups excluding carboxylic acids is 3. The van der Waals surface area contributed by atoms with Crippen LogP contribution in [0.1, 0.15) is 23.2 Å². The summed E-state index contributed by atoms with van der Waals surface area (Å²) in [6, 6.07) is 3.23. The Morgan fingerprint density at radius 1 is 1.28 bits per heavy atom. The van der Waals surface area contributed by atoms with E-state index in [1.54, 1.807) is 0 Å². The Morgan fingerprint density at radius 3 is 2.56 bits per heavy atom. The van der Waals surface area contributed by atoms with Crippen molar-refractivity contribution in [1.29, 1.82) is 0 Å². The minimum Gasteiger partial charge on any atom is -0.452 e. The average molecular weight is 350 g/mol. The number of amides is 3. The molecule has 0 atom stereocenters. The predicted octanol–water partition coefficient (Wildman–Crippen LogP) is 0.807. The predicted molar refractivity (Wildman–Crippen MR) is 87.4 cm³/mol. The van der Waals surface area contributed by atoms with Gasteiger partial charge in [0.25, 0.3) is 11.6 Å². The first-order valence-corrected chi connectivity index (χ1v) is 7.64. The lowest BCUT2D eigenvalue weighted by atomic mass is 10.1. The second kappa shape index (κ2) is 8.08. The minimum absolute atomic E-state index is 0.0174. The number of esters is 1. The van der Waals surface area contributed by atoms with Crippen molar-refractivity contribution >= 4 is 29.3 Å². The summed E-state index contributed by atoms with van der Waals surface area (Å²) in [5, 5.41) is 15.1. The number of nitrogens with one attached hydrogen (secondary N) is 2. The number of nitro groups is 1. The molecule has 0 spiro atoms. The van der Waals surface area contributed by atoms with Crippen molar-refractivity contribution < 1.29 is 24.0 Å². The lowest BCUT2D eigenvalue weighted by Gasteiger charge is -2.20. The van der Waals surface area contributed by atoms with E-state index in [2.05, 4.69) is 5.32 Å². The number of anilines is 1. The molecule has 10 heteroatoms. The molecule has 0 bridgehead atoms. The fourth-order valence-corrected chi connectivity index (χ4v) is 2.47. The van der Waals surface area contributed by atoms with Gasteiger partial charge in [-0.15, -0.1) is 0 Å². The van der Waals surface area contributed by atoms with E-state index in [1.807, 2.05) is 10.2 Å². The number of imide groups is 1. The molecule has 1 aromatic carbocycles. The quantitative estimate of drug-likeness (QED) is 0.456. The minimum atomic E-state index is -0.863. The van der Waals surface area contributed by atoms with Gasteiger partial charge in [0.15, 0.2) is 6.61 Å². The lowest BCUT2D eigenvalue weighted by molar-refractivity contribution is -0.384. The number of benzene rings is 1. The number of nitrogens with zero attached hydrogens (tertiary/aromatic N) is 2.